The van der Waals surface area contributed by atoms with Crippen molar-refractivity contribution in [1.29, 1.82) is 0 Å². The van der Waals surface area contributed by atoms with E-state index in [1.165, 1.54) is 0 Å². The molecule has 2 N–H and O–H groups in total. The summed E-state index contributed by atoms with van der Waals surface area (Å²) in [6, 6.07) is 5.14. The van der Waals surface area contributed by atoms with E-state index in [-0.39, 0.29) is 6.10 Å². The van der Waals surface area contributed by atoms with Gasteiger partial charge >= 0.3 is 5.97 Å². The Kier molecular flexibility index (Phi) is 7.74. The lowest BCUT2D eigenvalue weighted by Crippen LogP contribution is -2.36. The highest BCUT2D eigenvalue weighted by atomic mass is 16.5. The lowest BCUT2D eigenvalue weighted by molar-refractivity contribution is -0.139. The van der Waals surface area contributed by atoms with E-state index in [1.807, 2.05) is 32.0 Å². The number of rotatable bonds is 10. The zero-order chi connectivity index (χ0) is 16.5. The lowest BCUT2D eigenvalue weighted by atomic mass is 10.1. The molecule has 1 aromatic carbocycles. The summed E-state index contributed by atoms with van der Waals surface area (Å²) in [6.45, 7) is 6.45. The standard InChI is InChI=1S/C17H27NO4/c1-5-6-7-14(17(19)20)18-11-13-8-9-15(22-12(2)3)16(10-13)21-4/h8-10,12,14,18H,5-7,11H2,1-4H3,(H,19,20). The minimum absolute atomic E-state index is 0.0725. The van der Waals surface area contributed by atoms with E-state index < -0.39 is 12.0 Å². The van der Waals surface area contributed by atoms with Crippen molar-refractivity contribution in [1.82, 2.24) is 5.32 Å². The van der Waals surface area contributed by atoms with Crippen molar-refractivity contribution < 1.29 is 19.4 Å². The Hall–Kier alpha value is -1.75. The van der Waals surface area contributed by atoms with Crippen LogP contribution in [0.2, 0.25) is 0 Å². The van der Waals surface area contributed by atoms with Gasteiger partial charge in [0, 0.05) is 6.54 Å². The zero-order valence-electron chi connectivity index (χ0n) is 13.9. The molecule has 1 aromatic rings. The number of hydrogen-bond donors (Lipinski definition) is 2. The molecule has 22 heavy (non-hydrogen) atoms. The largest absolute Gasteiger partial charge is 0.493 e. The Balaban J connectivity index is 2.70. The van der Waals surface area contributed by atoms with E-state index >= 15 is 0 Å². The molecule has 5 heteroatoms. The van der Waals surface area contributed by atoms with Gasteiger partial charge in [0.05, 0.1) is 13.2 Å². The van der Waals surface area contributed by atoms with Crippen LogP contribution in [0, 0.1) is 0 Å². The number of carboxylic acid groups (broad SMARTS) is 1. The van der Waals surface area contributed by atoms with Gasteiger partial charge in [-0.2, -0.15) is 0 Å². The lowest BCUT2D eigenvalue weighted by Gasteiger charge is -2.16. The molecule has 0 amide bonds. The highest BCUT2D eigenvalue weighted by Crippen LogP contribution is 2.29. The number of methoxy groups -OCH3 is 1. The van der Waals surface area contributed by atoms with Crippen LogP contribution in [-0.4, -0.2) is 30.3 Å². The molecule has 0 heterocycles. The number of aliphatic carboxylic acids is 1. The fourth-order valence-electron chi connectivity index (χ4n) is 2.14. The maximum Gasteiger partial charge on any atom is 0.320 e. The van der Waals surface area contributed by atoms with Gasteiger partial charge in [-0.3, -0.25) is 4.79 Å². The van der Waals surface area contributed by atoms with Gasteiger partial charge in [-0.15, -0.1) is 0 Å². The third-order valence-electron chi connectivity index (χ3n) is 3.29. The molecule has 5 nitrogen and oxygen atoms in total. The van der Waals surface area contributed by atoms with E-state index in [1.54, 1.807) is 7.11 Å². The van der Waals surface area contributed by atoms with Crippen LogP contribution >= 0.6 is 0 Å². The number of unbranched alkanes of at least 4 members (excludes halogenated alkanes) is 1. The molecule has 124 valence electrons. The molecule has 1 rings (SSSR count). The van der Waals surface area contributed by atoms with Crippen molar-refractivity contribution >= 4 is 5.97 Å². The summed E-state index contributed by atoms with van der Waals surface area (Å²) in [5.74, 6) is 0.552. The zero-order valence-corrected chi connectivity index (χ0v) is 13.9. The predicted octanol–water partition coefficient (Wildman–Crippen LogP) is 3.22. The predicted molar refractivity (Wildman–Crippen MR) is 86.5 cm³/mol. The maximum absolute atomic E-state index is 11.2. The molecular formula is C17H27NO4. The van der Waals surface area contributed by atoms with Crippen molar-refractivity contribution in [3.05, 3.63) is 23.8 Å². The summed E-state index contributed by atoms with van der Waals surface area (Å²) in [5, 5.41) is 12.3. The van der Waals surface area contributed by atoms with Crippen molar-refractivity contribution in [3.8, 4) is 11.5 Å². The first-order chi connectivity index (χ1) is 10.5. The van der Waals surface area contributed by atoms with Crippen LogP contribution < -0.4 is 14.8 Å². The Labute approximate surface area is 132 Å². The minimum atomic E-state index is -0.805. The first-order valence-electron chi connectivity index (χ1n) is 7.77. The molecule has 0 saturated carbocycles. The molecule has 0 aliphatic carbocycles. The minimum Gasteiger partial charge on any atom is -0.493 e. The van der Waals surface area contributed by atoms with Gasteiger partial charge in [0.25, 0.3) is 0 Å². The van der Waals surface area contributed by atoms with E-state index in [9.17, 15) is 9.90 Å². The van der Waals surface area contributed by atoms with E-state index in [0.717, 1.165) is 18.4 Å². The Morgan fingerprint density at radius 1 is 1.32 bits per heavy atom. The summed E-state index contributed by atoms with van der Waals surface area (Å²) in [5.41, 5.74) is 0.968. The van der Waals surface area contributed by atoms with Gasteiger partial charge in [-0.05, 0) is 38.0 Å². The van der Waals surface area contributed by atoms with Crippen molar-refractivity contribution in [2.75, 3.05) is 7.11 Å². The normalized spacial score (nSPS) is 12.2. The first kappa shape index (κ1) is 18.3. The molecule has 0 bridgehead atoms. The van der Waals surface area contributed by atoms with Crippen LogP contribution in [-0.2, 0) is 11.3 Å². The number of nitrogens with one attached hydrogen (secondary N) is 1. The first-order valence-corrected chi connectivity index (χ1v) is 7.77. The molecule has 1 atom stereocenters. The SMILES string of the molecule is CCCCC(NCc1ccc(OC(C)C)c(OC)c1)C(=O)O. The van der Waals surface area contributed by atoms with Crippen molar-refractivity contribution in [2.45, 2.75) is 58.7 Å². The molecule has 0 aliphatic rings. The summed E-state index contributed by atoms with van der Waals surface area (Å²) < 4.78 is 11.0. The second kappa shape index (κ2) is 9.30. The molecule has 0 saturated heterocycles. The van der Waals surface area contributed by atoms with Crippen LogP contribution in [0.4, 0.5) is 0 Å². The van der Waals surface area contributed by atoms with Gasteiger partial charge in [0.2, 0.25) is 0 Å². The highest BCUT2D eigenvalue weighted by Gasteiger charge is 2.16. The third-order valence-corrected chi connectivity index (χ3v) is 3.29. The number of hydrogen-bond acceptors (Lipinski definition) is 4. The molecule has 1 unspecified atom stereocenters. The molecule has 0 radical (unpaired) electrons. The second-order valence-electron chi connectivity index (χ2n) is 5.57. The van der Waals surface area contributed by atoms with Gasteiger partial charge in [-0.25, -0.2) is 0 Å². The summed E-state index contributed by atoms with van der Waals surface area (Å²) in [6.07, 6.45) is 2.59. The third kappa shape index (κ3) is 5.93. The van der Waals surface area contributed by atoms with Gasteiger partial charge in [-0.1, -0.05) is 25.8 Å². The highest BCUT2D eigenvalue weighted by molar-refractivity contribution is 5.73. The summed E-state index contributed by atoms with van der Waals surface area (Å²) in [7, 11) is 1.60. The fraction of sp³-hybridized carbons (Fsp3) is 0.588. The van der Waals surface area contributed by atoms with Crippen LogP contribution in [0.15, 0.2) is 18.2 Å². The number of carboxylic acids is 1. The maximum atomic E-state index is 11.2. The molecule has 0 fully saturated rings. The molecule has 0 aromatic heterocycles. The van der Waals surface area contributed by atoms with Crippen LogP contribution in [0.1, 0.15) is 45.6 Å². The molecular weight excluding hydrogens is 282 g/mol. The van der Waals surface area contributed by atoms with Crippen molar-refractivity contribution in [2.24, 2.45) is 0 Å². The second-order valence-corrected chi connectivity index (χ2v) is 5.57. The average Bonchev–Trinajstić information content (AvgIpc) is 2.47. The Morgan fingerprint density at radius 2 is 2.05 bits per heavy atom. The smallest absolute Gasteiger partial charge is 0.320 e. The van der Waals surface area contributed by atoms with Crippen LogP contribution in [0.3, 0.4) is 0 Å². The summed E-state index contributed by atoms with van der Waals surface area (Å²) in [4.78, 5) is 11.2. The average molecular weight is 309 g/mol. The monoisotopic (exact) mass is 309 g/mol. The summed E-state index contributed by atoms with van der Waals surface area (Å²) >= 11 is 0. The quantitative estimate of drug-likeness (QED) is 0.694. The number of benzene rings is 1. The van der Waals surface area contributed by atoms with Gasteiger partial charge in [0.15, 0.2) is 11.5 Å². The van der Waals surface area contributed by atoms with Crippen LogP contribution in [0.25, 0.3) is 0 Å². The van der Waals surface area contributed by atoms with E-state index in [2.05, 4.69) is 12.2 Å². The molecule has 0 aliphatic heterocycles. The topological polar surface area (TPSA) is 67.8 Å². The molecule has 0 spiro atoms. The van der Waals surface area contributed by atoms with Gasteiger partial charge in [0.1, 0.15) is 6.04 Å². The van der Waals surface area contributed by atoms with Crippen LogP contribution in [0.5, 0.6) is 11.5 Å². The van der Waals surface area contributed by atoms with Gasteiger partial charge < -0.3 is 19.9 Å². The van der Waals surface area contributed by atoms with E-state index in [0.29, 0.717) is 24.5 Å². The Bertz CT molecular complexity index is 474. The van der Waals surface area contributed by atoms with Crippen molar-refractivity contribution in [3.63, 3.8) is 0 Å². The number of ether oxygens (including phenoxy) is 2. The Morgan fingerprint density at radius 3 is 2.59 bits per heavy atom. The number of carbonyl (C=O) groups is 1. The van der Waals surface area contributed by atoms with E-state index in [4.69, 9.17) is 9.47 Å². The fourth-order valence-corrected chi connectivity index (χ4v) is 2.14.